The molecule has 0 saturated heterocycles. The van der Waals surface area contributed by atoms with Crippen LogP contribution in [0, 0.1) is 5.82 Å². The molecule has 2 N–H and O–H groups in total. The first kappa shape index (κ1) is 12.7. The fourth-order valence-corrected chi connectivity index (χ4v) is 2.36. The fraction of sp³-hybridized carbons (Fsp3) is 0.200. The Balaban J connectivity index is 3.22. The summed E-state index contributed by atoms with van der Waals surface area (Å²) in [7, 11) is -2.46. The molecule has 0 atom stereocenters. The van der Waals surface area contributed by atoms with Gasteiger partial charge in [-0.3, -0.25) is 0 Å². The quantitative estimate of drug-likeness (QED) is 0.639. The van der Waals surface area contributed by atoms with Gasteiger partial charge in [-0.25, -0.2) is 12.8 Å². The zero-order valence-electron chi connectivity index (χ0n) is 8.85. The van der Waals surface area contributed by atoms with E-state index < -0.39 is 15.8 Å². The van der Waals surface area contributed by atoms with E-state index in [1.807, 2.05) is 0 Å². The summed E-state index contributed by atoms with van der Waals surface area (Å²) in [6.45, 7) is 3.54. The van der Waals surface area contributed by atoms with Gasteiger partial charge in [0.25, 0.3) is 0 Å². The molecule has 0 heterocycles. The van der Waals surface area contributed by atoms with E-state index in [0.717, 1.165) is 16.4 Å². The first-order valence-electron chi connectivity index (χ1n) is 4.52. The summed E-state index contributed by atoms with van der Waals surface area (Å²) in [5.74, 6) is -0.851. The Hall–Kier alpha value is -1.40. The minimum atomic E-state index is -3.82. The lowest BCUT2D eigenvalue weighted by molar-refractivity contribution is 0.489. The third kappa shape index (κ3) is 2.40. The van der Waals surface area contributed by atoms with E-state index in [0.29, 0.717) is 0 Å². The summed E-state index contributed by atoms with van der Waals surface area (Å²) >= 11 is 0. The number of rotatable bonds is 4. The molecule has 16 heavy (non-hydrogen) atoms. The van der Waals surface area contributed by atoms with Crippen molar-refractivity contribution in [3.05, 3.63) is 36.7 Å². The Labute approximate surface area is 94.2 Å². The number of nitrogens with zero attached hydrogens (tertiary/aromatic N) is 1. The van der Waals surface area contributed by atoms with Gasteiger partial charge in [-0.1, -0.05) is 6.08 Å². The maximum absolute atomic E-state index is 13.4. The van der Waals surface area contributed by atoms with Gasteiger partial charge in [0.2, 0.25) is 10.0 Å². The van der Waals surface area contributed by atoms with E-state index in [1.54, 1.807) is 0 Å². The molecule has 1 rings (SSSR count). The topological polar surface area (TPSA) is 63.4 Å². The molecule has 0 amide bonds. The molecule has 0 aliphatic heterocycles. The highest BCUT2D eigenvalue weighted by Gasteiger charge is 2.23. The van der Waals surface area contributed by atoms with E-state index in [2.05, 4.69) is 6.58 Å². The number of nitrogens with two attached hydrogens (primary N) is 1. The van der Waals surface area contributed by atoms with E-state index in [9.17, 15) is 12.8 Å². The lowest BCUT2D eigenvalue weighted by atomic mass is 10.3. The Morgan fingerprint density at radius 1 is 1.56 bits per heavy atom. The fourth-order valence-electron chi connectivity index (χ4n) is 1.17. The van der Waals surface area contributed by atoms with Gasteiger partial charge in [0, 0.05) is 19.3 Å². The highest BCUT2D eigenvalue weighted by molar-refractivity contribution is 7.89. The van der Waals surface area contributed by atoms with Crippen LogP contribution in [0.1, 0.15) is 0 Å². The van der Waals surface area contributed by atoms with Crippen LogP contribution in [0.5, 0.6) is 0 Å². The molecule has 0 aliphatic rings. The monoisotopic (exact) mass is 244 g/mol. The molecule has 0 spiro atoms. The number of nitrogen functional groups attached to an aromatic ring is 1. The number of likely N-dealkylation sites (N-methyl/N-ethyl adjacent to an activating group) is 1. The molecule has 1 aromatic carbocycles. The Morgan fingerprint density at radius 2 is 2.19 bits per heavy atom. The summed E-state index contributed by atoms with van der Waals surface area (Å²) in [6.07, 6.45) is 1.42. The molecule has 0 aromatic heterocycles. The Kier molecular flexibility index (Phi) is 3.66. The summed E-state index contributed by atoms with van der Waals surface area (Å²) in [5.41, 5.74) is 5.52. The number of hydrogen-bond donors (Lipinski definition) is 1. The van der Waals surface area contributed by atoms with Crippen molar-refractivity contribution in [1.82, 2.24) is 4.31 Å². The second-order valence-corrected chi connectivity index (χ2v) is 5.28. The lowest BCUT2D eigenvalue weighted by Crippen LogP contribution is -2.27. The Morgan fingerprint density at radius 3 is 2.69 bits per heavy atom. The van der Waals surface area contributed by atoms with E-state index in [1.165, 1.54) is 19.2 Å². The molecule has 0 radical (unpaired) electrons. The van der Waals surface area contributed by atoms with E-state index in [4.69, 9.17) is 5.73 Å². The van der Waals surface area contributed by atoms with Gasteiger partial charge >= 0.3 is 0 Å². The zero-order chi connectivity index (χ0) is 12.3. The van der Waals surface area contributed by atoms with Crippen molar-refractivity contribution in [2.75, 3.05) is 19.3 Å². The van der Waals surface area contributed by atoms with Crippen LogP contribution < -0.4 is 5.73 Å². The minimum absolute atomic E-state index is 0.117. The van der Waals surface area contributed by atoms with Crippen LogP contribution in [0.25, 0.3) is 0 Å². The number of anilines is 1. The van der Waals surface area contributed by atoms with Gasteiger partial charge in [0.1, 0.15) is 10.7 Å². The van der Waals surface area contributed by atoms with Gasteiger partial charge in [-0.2, -0.15) is 4.31 Å². The molecule has 0 bridgehead atoms. The number of hydrogen-bond acceptors (Lipinski definition) is 3. The van der Waals surface area contributed by atoms with Crippen molar-refractivity contribution in [2.45, 2.75) is 4.90 Å². The molecular weight excluding hydrogens is 231 g/mol. The third-order valence-corrected chi connectivity index (χ3v) is 3.89. The van der Waals surface area contributed by atoms with Crippen LogP contribution in [0.15, 0.2) is 35.7 Å². The molecule has 0 unspecified atom stereocenters. The number of benzene rings is 1. The van der Waals surface area contributed by atoms with Crippen LogP contribution in [0.4, 0.5) is 10.1 Å². The maximum Gasteiger partial charge on any atom is 0.246 e. The SMILES string of the molecule is C=CCN(C)S(=O)(=O)c1ccc(N)cc1F. The van der Waals surface area contributed by atoms with Gasteiger partial charge < -0.3 is 5.73 Å². The predicted molar refractivity (Wildman–Crippen MR) is 60.8 cm³/mol. The highest BCUT2D eigenvalue weighted by atomic mass is 32.2. The van der Waals surface area contributed by atoms with E-state index in [-0.39, 0.29) is 17.1 Å². The van der Waals surface area contributed by atoms with Crippen molar-refractivity contribution in [3.8, 4) is 0 Å². The summed E-state index contributed by atoms with van der Waals surface area (Å²) in [6, 6.07) is 3.48. The molecule has 0 fully saturated rings. The van der Waals surface area contributed by atoms with Crippen molar-refractivity contribution < 1.29 is 12.8 Å². The first-order chi connectivity index (χ1) is 7.39. The highest BCUT2D eigenvalue weighted by Crippen LogP contribution is 2.20. The molecule has 0 aliphatic carbocycles. The lowest BCUT2D eigenvalue weighted by Gasteiger charge is -2.15. The summed E-state index contributed by atoms with van der Waals surface area (Å²) in [5, 5.41) is 0. The van der Waals surface area contributed by atoms with Crippen LogP contribution in [0.3, 0.4) is 0 Å². The largest absolute Gasteiger partial charge is 0.399 e. The van der Waals surface area contributed by atoms with Crippen LogP contribution in [-0.4, -0.2) is 26.3 Å². The van der Waals surface area contributed by atoms with Crippen molar-refractivity contribution in [1.29, 1.82) is 0 Å². The van der Waals surface area contributed by atoms with E-state index >= 15 is 0 Å². The molecule has 4 nitrogen and oxygen atoms in total. The summed E-state index contributed by atoms with van der Waals surface area (Å²) < 4.78 is 38.1. The van der Waals surface area contributed by atoms with Crippen molar-refractivity contribution in [2.24, 2.45) is 0 Å². The predicted octanol–water partition coefficient (Wildman–Crippen LogP) is 1.21. The second kappa shape index (κ2) is 4.63. The van der Waals surface area contributed by atoms with Crippen molar-refractivity contribution >= 4 is 15.7 Å². The molecule has 0 saturated carbocycles. The molecular formula is C10H13FN2O2S. The van der Waals surface area contributed by atoms with Crippen molar-refractivity contribution in [3.63, 3.8) is 0 Å². The summed E-state index contributed by atoms with van der Waals surface area (Å²) in [4.78, 5) is -0.383. The normalized spacial score (nSPS) is 11.7. The van der Waals surface area contributed by atoms with Crippen LogP contribution in [0.2, 0.25) is 0 Å². The zero-order valence-corrected chi connectivity index (χ0v) is 9.67. The van der Waals surface area contributed by atoms with Gasteiger partial charge in [0.15, 0.2) is 0 Å². The average molecular weight is 244 g/mol. The third-order valence-electron chi connectivity index (χ3n) is 2.03. The minimum Gasteiger partial charge on any atom is -0.399 e. The Bertz CT molecular complexity index is 500. The molecule has 6 heteroatoms. The first-order valence-corrected chi connectivity index (χ1v) is 5.96. The number of sulfonamides is 1. The smallest absolute Gasteiger partial charge is 0.246 e. The molecule has 88 valence electrons. The maximum atomic E-state index is 13.4. The van der Waals surface area contributed by atoms with Gasteiger partial charge in [-0.05, 0) is 18.2 Å². The van der Waals surface area contributed by atoms with Gasteiger partial charge in [-0.15, -0.1) is 6.58 Å². The average Bonchev–Trinajstić information content (AvgIpc) is 2.17. The second-order valence-electron chi connectivity index (χ2n) is 3.26. The van der Waals surface area contributed by atoms with Gasteiger partial charge in [0.05, 0.1) is 0 Å². The standard InChI is InChI=1S/C10H13FN2O2S/c1-3-6-13(2)16(14,15)10-5-4-8(12)7-9(10)11/h3-5,7H,1,6,12H2,2H3. The molecule has 1 aromatic rings. The van der Waals surface area contributed by atoms with Crippen LogP contribution in [-0.2, 0) is 10.0 Å². The number of halogens is 1. The van der Waals surface area contributed by atoms with Crippen LogP contribution >= 0.6 is 0 Å².